The van der Waals surface area contributed by atoms with Crippen molar-refractivity contribution >= 4 is 17.6 Å². The molecule has 0 aliphatic carbocycles. The number of nitrogen functional groups attached to an aromatic ring is 1. The highest BCUT2D eigenvalue weighted by molar-refractivity contribution is 6.01. The number of amides is 2. The first-order valence-electron chi connectivity index (χ1n) is 5.38. The number of hydrogen-bond donors (Lipinski definition) is 2. The molecular formula is C10H15N5O2. The minimum atomic E-state index is -0.476. The van der Waals surface area contributed by atoms with Crippen LogP contribution in [-0.4, -0.2) is 45.6 Å². The Hall–Kier alpha value is -2.05. The maximum Gasteiger partial charge on any atom is 0.259 e. The zero-order valence-electron chi connectivity index (χ0n) is 9.80. The molecule has 0 bridgehead atoms. The highest BCUT2D eigenvalue weighted by atomic mass is 16.2. The fourth-order valence-electron chi connectivity index (χ4n) is 1.83. The van der Waals surface area contributed by atoms with E-state index in [9.17, 15) is 9.59 Å². The smallest absolute Gasteiger partial charge is 0.259 e. The molecule has 7 heteroatoms. The number of nitrogens with zero attached hydrogens (tertiary/aromatic N) is 3. The Bertz CT molecular complexity index is 467. The zero-order valence-corrected chi connectivity index (χ0v) is 9.80. The molecule has 1 aromatic heterocycles. The van der Waals surface area contributed by atoms with Crippen molar-refractivity contribution in [2.75, 3.05) is 18.8 Å². The molecule has 7 nitrogen and oxygen atoms in total. The van der Waals surface area contributed by atoms with Crippen LogP contribution >= 0.6 is 0 Å². The van der Waals surface area contributed by atoms with Crippen LogP contribution in [0, 0.1) is 0 Å². The van der Waals surface area contributed by atoms with Gasteiger partial charge < -0.3 is 16.0 Å². The third kappa shape index (κ3) is 1.83. The van der Waals surface area contributed by atoms with E-state index >= 15 is 0 Å². The van der Waals surface area contributed by atoms with Crippen LogP contribution in [0.5, 0.6) is 0 Å². The van der Waals surface area contributed by atoms with E-state index in [0.29, 0.717) is 24.5 Å². The quantitative estimate of drug-likeness (QED) is 0.652. The number of anilines is 1. The van der Waals surface area contributed by atoms with E-state index < -0.39 is 6.04 Å². The molecule has 1 aliphatic rings. The molecule has 3 N–H and O–H groups in total. The van der Waals surface area contributed by atoms with Crippen molar-refractivity contribution in [3.05, 3.63) is 11.8 Å². The Morgan fingerprint density at radius 2 is 2.35 bits per heavy atom. The van der Waals surface area contributed by atoms with E-state index in [1.165, 1.54) is 15.8 Å². The number of piperazine rings is 1. The number of hydrogen-bond acceptors (Lipinski definition) is 4. The van der Waals surface area contributed by atoms with Gasteiger partial charge in [-0.2, -0.15) is 5.10 Å². The van der Waals surface area contributed by atoms with Crippen molar-refractivity contribution in [3.8, 4) is 0 Å². The highest BCUT2D eigenvalue weighted by Crippen LogP contribution is 2.15. The lowest BCUT2D eigenvalue weighted by Gasteiger charge is -2.32. The summed E-state index contributed by atoms with van der Waals surface area (Å²) in [5.41, 5.74) is 6.08. The summed E-state index contributed by atoms with van der Waals surface area (Å²) in [4.78, 5) is 25.2. The minimum Gasteiger partial charge on any atom is -0.383 e. The van der Waals surface area contributed by atoms with E-state index in [1.807, 2.05) is 0 Å². The van der Waals surface area contributed by atoms with Gasteiger partial charge in [0.25, 0.3) is 5.91 Å². The first kappa shape index (κ1) is 11.4. The van der Waals surface area contributed by atoms with Gasteiger partial charge in [-0.25, -0.2) is 0 Å². The lowest BCUT2D eigenvalue weighted by molar-refractivity contribution is -0.127. The number of aryl methyl sites for hydroxylation is 1. The molecule has 1 aliphatic heterocycles. The molecular weight excluding hydrogens is 222 g/mol. The van der Waals surface area contributed by atoms with Gasteiger partial charge >= 0.3 is 0 Å². The summed E-state index contributed by atoms with van der Waals surface area (Å²) >= 11 is 0. The fraction of sp³-hybridized carbons (Fsp3) is 0.500. The monoisotopic (exact) mass is 237 g/mol. The minimum absolute atomic E-state index is 0.146. The molecule has 0 spiro atoms. The molecule has 1 saturated heterocycles. The summed E-state index contributed by atoms with van der Waals surface area (Å²) in [6.07, 6.45) is 1.43. The van der Waals surface area contributed by atoms with E-state index in [4.69, 9.17) is 5.73 Å². The van der Waals surface area contributed by atoms with Gasteiger partial charge in [-0.15, -0.1) is 0 Å². The third-order valence-electron chi connectivity index (χ3n) is 2.97. The average molecular weight is 237 g/mol. The molecule has 2 heterocycles. The zero-order chi connectivity index (χ0) is 12.6. The van der Waals surface area contributed by atoms with E-state index in [2.05, 4.69) is 10.4 Å². The highest BCUT2D eigenvalue weighted by Gasteiger charge is 2.31. The second-order valence-electron chi connectivity index (χ2n) is 4.03. The van der Waals surface area contributed by atoms with Gasteiger partial charge in [-0.3, -0.25) is 14.3 Å². The number of nitrogens with one attached hydrogen (secondary N) is 1. The van der Waals surface area contributed by atoms with Crippen LogP contribution in [0.15, 0.2) is 6.20 Å². The molecule has 1 atom stereocenters. The van der Waals surface area contributed by atoms with Crippen molar-refractivity contribution in [3.63, 3.8) is 0 Å². The molecule has 2 rings (SSSR count). The van der Waals surface area contributed by atoms with Gasteiger partial charge in [-0.1, -0.05) is 0 Å². The van der Waals surface area contributed by atoms with Gasteiger partial charge in [0.15, 0.2) is 0 Å². The van der Waals surface area contributed by atoms with E-state index in [-0.39, 0.29) is 11.8 Å². The van der Waals surface area contributed by atoms with Crippen LogP contribution in [0.4, 0.5) is 5.82 Å². The van der Waals surface area contributed by atoms with Crippen LogP contribution in [0.25, 0.3) is 0 Å². The molecule has 2 amide bonds. The first-order chi connectivity index (χ1) is 8.02. The van der Waals surface area contributed by atoms with Crippen LogP contribution in [0.1, 0.15) is 17.3 Å². The lowest BCUT2D eigenvalue weighted by Crippen LogP contribution is -2.55. The maximum absolute atomic E-state index is 12.2. The molecule has 1 unspecified atom stereocenters. The lowest BCUT2D eigenvalue weighted by atomic mass is 10.1. The second kappa shape index (κ2) is 4.08. The number of aromatic nitrogens is 2. The summed E-state index contributed by atoms with van der Waals surface area (Å²) in [6, 6.07) is -0.476. The van der Waals surface area contributed by atoms with Crippen molar-refractivity contribution in [2.24, 2.45) is 7.05 Å². The summed E-state index contributed by atoms with van der Waals surface area (Å²) in [7, 11) is 1.67. The van der Waals surface area contributed by atoms with Crippen LogP contribution in [-0.2, 0) is 11.8 Å². The van der Waals surface area contributed by atoms with Gasteiger partial charge in [0, 0.05) is 20.1 Å². The largest absolute Gasteiger partial charge is 0.383 e. The van der Waals surface area contributed by atoms with Crippen LogP contribution < -0.4 is 11.1 Å². The third-order valence-corrected chi connectivity index (χ3v) is 2.97. The fourth-order valence-corrected chi connectivity index (χ4v) is 1.83. The van der Waals surface area contributed by atoms with Crippen LogP contribution in [0.3, 0.4) is 0 Å². The molecule has 0 radical (unpaired) electrons. The predicted octanol–water partition coefficient (Wildman–Crippen LogP) is -1.04. The molecule has 1 aromatic rings. The molecule has 1 fully saturated rings. The SMILES string of the molecule is CC1C(=O)NCCN1C(=O)c1cnn(C)c1N. The Balaban J connectivity index is 2.25. The van der Waals surface area contributed by atoms with Crippen molar-refractivity contribution in [1.29, 1.82) is 0 Å². The van der Waals surface area contributed by atoms with Crippen molar-refractivity contribution in [2.45, 2.75) is 13.0 Å². The number of nitrogens with two attached hydrogens (primary N) is 1. The second-order valence-corrected chi connectivity index (χ2v) is 4.03. The molecule has 0 saturated carbocycles. The summed E-state index contributed by atoms with van der Waals surface area (Å²) < 4.78 is 1.43. The maximum atomic E-state index is 12.2. The van der Waals surface area contributed by atoms with Gasteiger partial charge in [0.2, 0.25) is 5.91 Å². The summed E-state index contributed by atoms with van der Waals surface area (Å²) in [6.45, 7) is 2.65. The van der Waals surface area contributed by atoms with Crippen molar-refractivity contribution < 1.29 is 9.59 Å². The number of rotatable bonds is 1. The Morgan fingerprint density at radius 3 is 2.94 bits per heavy atom. The van der Waals surface area contributed by atoms with E-state index in [1.54, 1.807) is 14.0 Å². The van der Waals surface area contributed by atoms with Crippen LogP contribution in [0.2, 0.25) is 0 Å². The molecule has 0 aromatic carbocycles. The first-order valence-corrected chi connectivity index (χ1v) is 5.38. The summed E-state index contributed by atoms with van der Waals surface area (Å²) in [5, 5.41) is 6.62. The average Bonchev–Trinajstić information content (AvgIpc) is 2.63. The van der Waals surface area contributed by atoms with Crippen molar-refractivity contribution in [1.82, 2.24) is 20.0 Å². The van der Waals surface area contributed by atoms with E-state index in [0.717, 1.165) is 0 Å². The Labute approximate surface area is 98.6 Å². The summed E-state index contributed by atoms with van der Waals surface area (Å²) in [5.74, 6) is -0.0850. The normalized spacial score (nSPS) is 20.2. The molecule has 92 valence electrons. The van der Waals surface area contributed by atoms with Gasteiger partial charge in [0.05, 0.1) is 6.20 Å². The topological polar surface area (TPSA) is 93.2 Å². The van der Waals surface area contributed by atoms with Gasteiger partial charge in [-0.05, 0) is 6.92 Å². The predicted molar refractivity (Wildman–Crippen MR) is 61.1 cm³/mol. The Morgan fingerprint density at radius 1 is 1.65 bits per heavy atom. The van der Waals surface area contributed by atoms with Gasteiger partial charge in [0.1, 0.15) is 17.4 Å². The molecule has 17 heavy (non-hydrogen) atoms. The number of carbonyl (C=O) groups is 2. The standard InChI is InChI=1S/C10H15N5O2/c1-6-9(16)12-3-4-15(6)10(17)7-5-13-14(2)8(7)11/h5-6H,3-4,11H2,1-2H3,(H,12,16). The Kier molecular flexibility index (Phi) is 2.74. The number of carbonyl (C=O) groups excluding carboxylic acids is 2.